The largest absolute Gasteiger partial charge is 0.468 e. The average Bonchev–Trinajstić information content (AvgIpc) is 2.58. The van der Waals surface area contributed by atoms with E-state index >= 15 is 0 Å². The normalized spacial score (nSPS) is 44.2. The van der Waals surface area contributed by atoms with Gasteiger partial charge in [-0.2, -0.15) is 0 Å². The van der Waals surface area contributed by atoms with Crippen LogP contribution < -0.4 is 5.32 Å². The van der Waals surface area contributed by atoms with Crippen LogP contribution in [0.2, 0.25) is 0 Å². The van der Waals surface area contributed by atoms with Crippen molar-refractivity contribution in [2.24, 2.45) is 0 Å². The van der Waals surface area contributed by atoms with Gasteiger partial charge in [-0.25, -0.2) is 0 Å². The van der Waals surface area contributed by atoms with Crippen molar-refractivity contribution in [2.75, 3.05) is 7.11 Å². The molecule has 0 amide bonds. The number of carbonyl (C=O) groups excluding carboxylic acids is 1. The molecule has 2 aliphatic rings. The van der Waals surface area contributed by atoms with Crippen LogP contribution in [-0.4, -0.2) is 54.4 Å². The van der Waals surface area contributed by atoms with Gasteiger partial charge in [-0.1, -0.05) is 0 Å². The van der Waals surface area contributed by atoms with E-state index in [2.05, 4.69) is 5.32 Å². The molecule has 0 aromatic heterocycles. The summed E-state index contributed by atoms with van der Waals surface area (Å²) in [6.07, 6.45) is -1.74. The van der Waals surface area contributed by atoms with Crippen molar-refractivity contribution in [3.63, 3.8) is 0 Å². The van der Waals surface area contributed by atoms with E-state index in [-0.39, 0.29) is 6.04 Å². The lowest BCUT2D eigenvalue weighted by Crippen LogP contribution is -2.65. The van der Waals surface area contributed by atoms with Gasteiger partial charge in [0.2, 0.25) is 0 Å². The third kappa shape index (κ3) is 2.18. The van der Waals surface area contributed by atoms with Crippen LogP contribution in [0.3, 0.4) is 0 Å². The zero-order valence-corrected chi connectivity index (χ0v) is 10.5. The van der Waals surface area contributed by atoms with Crippen LogP contribution in [0, 0.1) is 0 Å². The first-order chi connectivity index (χ1) is 7.85. The van der Waals surface area contributed by atoms with Crippen LogP contribution in [0.1, 0.15) is 20.8 Å². The maximum absolute atomic E-state index is 11.7. The molecule has 2 saturated heterocycles. The van der Waals surface area contributed by atoms with Gasteiger partial charge in [0.1, 0.15) is 18.2 Å². The van der Waals surface area contributed by atoms with Crippen molar-refractivity contribution >= 4 is 5.97 Å². The first kappa shape index (κ1) is 12.8. The van der Waals surface area contributed by atoms with Crippen LogP contribution in [-0.2, 0) is 19.0 Å². The van der Waals surface area contributed by atoms with Crippen LogP contribution in [0.25, 0.3) is 0 Å². The lowest BCUT2D eigenvalue weighted by Gasteiger charge is -2.38. The summed E-state index contributed by atoms with van der Waals surface area (Å²) < 4.78 is 16.0. The van der Waals surface area contributed by atoms with Gasteiger partial charge in [0.05, 0.1) is 13.2 Å². The van der Waals surface area contributed by atoms with Crippen LogP contribution in [0.5, 0.6) is 0 Å². The molecular weight excluding hydrogens is 226 g/mol. The van der Waals surface area contributed by atoms with Gasteiger partial charge >= 0.3 is 5.97 Å². The molecule has 0 aromatic rings. The highest BCUT2D eigenvalue weighted by molar-refractivity contribution is 5.77. The first-order valence-electron chi connectivity index (χ1n) is 5.73. The maximum atomic E-state index is 11.7. The molecule has 6 heteroatoms. The Morgan fingerprint density at radius 3 is 2.53 bits per heavy atom. The molecule has 2 aliphatic heterocycles. The number of carbonyl (C=O) groups is 1. The van der Waals surface area contributed by atoms with Gasteiger partial charge in [-0.15, -0.1) is 0 Å². The molecule has 17 heavy (non-hydrogen) atoms. The van der Waals surface area contributed by atoms with Crippen molar-refractivity contribution in [3.05, 3.63) is 0 Å². The number of rotatable bonds is 1. The SMILES string of the molecule is COC(=O)[C@@H]1N[C@@H](C)[C@H](O)[C@H]2OC(C)(C)O[C@H]21. The standard InChI is InChI=1S/C11H19NO5/c1-5-7(13)9-8(16-11(2,3)17-9)6(12-5)10(14)15-4/h5-9,12-13H,1-4H3/t5-,6+,7-,8-,9+/m0/s1. The molecular formula is C11H19NO5. The van der Waals surface area contributed by atoms with Crippen molar-refractivity contribution in [3.8, 4) is 0 Å². The second-order valence-electron chi connectivity index (χ2n) is 5.01. The van der Waals surface area contributed by atoms with Gasteiger partial charge in [0.25, 0.3) is 0 Å². The van der Waals surface area contributed by atoms with E-state index in [1.807, 2.05) is 0 Å². The Morgan fingerprint density at radius 2 is 1.94 bits per heavy atom. The molecule has 0 radical (unpaired) electrons. The van der Waals surface area contributed by atoms with E-state index in [0.717, 1.165) is 0 Å². The summed E-state index contributed by atoms with van der Waals surface area (Å²) in [5.41, 5.74) is 0. The molecule has 0 spiro atoms. The Balaban J connectivity index is 2.23. The molecule has 0 saturated carbocycles. The summed E-state index contributed by atoms with van der Waals surface area (Å²) >= 11 is 0. The number of esters is 1. The number of nitrogens with one attached hydrogen (secondary N) is 1. The molecule has 2 N–H and O–H groups in total. The fourth-order valence-corrected chi connectivity index (χ4v) is 2.43. The number of aliphatic hydroxyl groups is 1. The number of aliphatic hydroxyl groups excluding tert-OH is 1. The molecule has 5 atom stereocenters. The average molecular weight is 245 g/mol. The molecule has 2 heterocycles. The van der Waals surface area contributed by atoms with Gasteiger partial charge in [0, 0.05) is 6.04 Å². The number of hydrogen-bond acceptors (Lipinski definition) is 6. The summed E-state index contributed by atoms with van der Waals surface area (Å²) in [7, 11) is 1.33. The second-order valence-corrected chi connectivity index (χ2v) is 5.01. The number of piperidine rings is 1. The molecule has 0 unspecified atom stereocenters. The first-order valence-corrected chi connectivity index (χ1v) is 5.73. The number of hydrogen-bond donors (Lipinski definition) is 2. The molecule has 0 aliphatic carbocycles. The molecule has 2 rings (SSSR count). The van der Waals surface area contributed by atoms with Gasteiger partial charge in [-0.05, 0) is 20.8 Å². The molecule has 2 fully saturated rings. The summed E-state index contributed by atoms with van der Waals surface area (Å²) in [5, 5.41) is 13.0. The number of methoxy groups -OCH3 is 1. The minimum atomic E-state index is -0.797. The van der Waals surface area contributed by atoms with Crippen molar-refractivity contribution in [1.29, 1.82) is 0 Å². The van der Waals surface area contributed by atoms with Crippen LogP contribution >= 0.6 is 0 Å². The van der Waals surface area contributed by atoms with E-state index in [9.17, 15) is 9.90 Å². The monoisotopic (exact) mass is 245 g/mol. The Bertz CT molecular complexity index is 319. The smallest absolute Gasteiger partial charge is 0.325 e. The Hall–Kier alpha value is -0.690. The third-order valence-corrected chi connectivity index (χ3v) is 3.24. The van der Waals surface area contributed by atoms with E-state index in [1.54, 1.807) is 20.8 Å². The lowest BCUT2D eigenvalue weighted by molar-refractivity contribution is -0.158. The minimum absolute atomic E-state index is 0.252. The highest BCUT2D eigenvalue weighted by Crippen LogP contribution is 2.35. The zero-order chi connectivity index (χ0) is 12.8. The van der Waals surface area contributed by atoms with Crippen LogP contribution in [0.4, 0.5) is 0 Å². The van der Waals surface area contributed by atoms with Crippen LogP contribution in [0.15, 0.2) is 0 Å². The Morgan fingerprint density at radius 1 is 1.35 bits per heavy atom. The molecule has 6 nitrogen and oxygen atoms in total. The van der Waals surface area contributed by atoms with E-state index in [0.29, 0.717) is 0 Å². The van der Waals surface area contributed by atoms with Crippen molar-refractivity contribution < 1.29 is 24.1 Å². The van der Waals surface area contributed by atoms with Gasteiger partial charge in [-0.3, -0.25) is 10.1 Å². The summed E-state index contributed by atoms with van der Waals surface area (Å²) in [4.78, 5) is 11.7. The zero-order valence-electron chi connectivity index (χ0n) is 10.5. The predicted molar refractivity (Wildman–Crippen MR) is 58.2 cm³/mol. The lowest BCUT2D eigenvalue weighted by atomic mass is 9.91. The number of fused-ring (bicyclic) bond motifs is 1. The van der Waals surface area contributed by atoms with E-state index in [4.69, 9.17) is 14.2 Å². The van der Waals surface area contributed by atoms with Crippen molar-refractivity contribution in [1.82, 2.24) is 5.32 Å². The fourth-order valence-electron chi connectivity index (χ4n) is 2.43. The number of ether oxygens (including phenoxy) is 3. The molecule has 0 bridgehead atoms. The van der Waals surface area contributed by atoms with Crippen molar-refractivity contribution in [2.45, 2.75) is 57.0 Å². The van der Waals surface area contributed by atoms with E-state index in [1.165, 1.54) is 7.11 Å². The quantitative estimate of drug-likeness (QED) is 0.601. The molecule has 98 valence electrons. The fraction of sp³-hybridized carbons (Fsp3) is 0.909. The highest BCUT2D eigenvalue weighted by Gasteiger charge is 2.55. The Kier molecular flexibility index (Phi) is 3.15. The van der Waals surface area contributed by atoms with Gasteiger partial charge < -0.3 is 19.3 Å². The predicted octanol–water partition coefficient (Wildman–Crippen LogP) is -0.599. The maximum Gasteiger partial charge on any atom is 0.325 e. The second kappa shape index (κ2) is 4.20. The third-order valence-electron chi connectivity index (χ3n) is 3.24. The molecule has 0 aromatic carbocycles. The summed E-state index contributed by atoms with van der Waals surface area (Å²) in [6.45, 7) is 5.32. The van der Waals surface area contributed by atoms with E-state index < -0.39 is 36.1 Å². The topological polar surface area (TPSA) is 77.0 Å². The Labute approximate surface area is 100 Å². The summed E-state index contributed by atoms with van der Waals surface area (Å²) in [5.74, 6) is -1.20. The minimum Gasteiger partial charge on any atom is -0.468 e. The highest BCUT2D eigenvalue weighted by atomic mass is 16.8. The van der Waals surface area contributed by atoms with Gasteiger partial charge in [0.15, 0.2) is 5.79 Å². The summed E-state index contributed by atoms with van der Waals surface area (Å²) in [6, 6.07) is -0.858.